The Hall–Kier alpha value is -1.30. The van der Waals surface area contributed by atoms with Gasteiger partial charge in [-0.15, -0.1) is 0 Å². The minimum Gasteiger partial charge on any atom is -0.349 e. The van der Waals surface area contributed by atoms with Crippen LogP contribution in [0, 0.1) is 17.5 Å². The van der Waals surface area contributed by atoms with Gasteiger partial charge in [-0.2, -0.15) is 0 Å². The molecule has 0 unspecified atom stereocenters. The summed E-state index contributed by atoms with van der Waals surface area (Å²) in [7, 11) is 0. The second-order valence-electron chi connectivity index (χ2n) is 4.87. The number of nitrogens with one attached hydrogen (secondary N) is 1. The summed E-state index contributed by atoms with van der Waals surface area (Å²) in [5, 5.41) is 2.83. The molecule has 118 valence electrons. The molecular formula is C15H21F3N2S. The Labute approximate surface area is 129 Å². The zero-order valence-corrected chi connectivity index (χ0v) is 13.2. The fourth-order valence-corrected chi connectivity index (χ4v) is 2.15. The molecule has 0 saturated carbocycles. The molecule has 2 nitrogen and oxygen atoms in total. The molecule has 1 N–H and O–H groups in total. The van der Waals surface area contributed by atoms with Crippen molar-refractivity contribution in [3.63, 3.8) is 0 Å². The van der Waals surface area contributed by atoms with Crippen molar-refractivity contribution in [3.05, 3.63) is 29.6 Å². The van der Waals surface area contributed by atoms with Gasteiger partial charge in [-0.3, -0.25) is 0 Å². The van der Waals surface area contributed by atoms with Crippen molar-refractivity contribution >= 4 is 23.0 Å². The quantitative estimate of drug-likeness (QED) is 0.733. The Morgan fingerprint density at radius 3 is 1.95 bits per heavy atom. The third-order valence-electron chi connectivity index (χ3n) is 3.09. The normalized spacial score (nSPS) is 10.5. The highest BCUT2D eigenvalue weighted by molar-refractivity contribution is 7.80. The van der Waals surface area contributed by atoms with E-state index in [2.05, 4.69) is 19.2 Å². The minimum absolute atomic E-state index is 0.265. The zero-order chi connectivity index (χ0) is 15.8. The molecule has 1 aromatic carbocycles. The van der Waals surface area contributed by atoms with E-state index in [1.54, 1.807) is 0 Å². The van der Waals surface area contributed by atoms with Crippen molar-refractivity contribution in [2.75, 3.05) is 18.4 Å². The minimum atomic E-state index is -0.985. The molecule has 0 aliphatic rings. The van der Waals surface area contributed by atoms with Crippen LogP contribution < -0.4 is 5.32 Å². The van der Waals surface area contributed by atoms with Crippen LogP contribution in [0.2, 0.25) is 0 Å². The van der Waals surface area contributed by atoms with E-state index in [1.165, 1.54) is 0 Å². The first-order chi connectivity index (χ1) is 9.99. The smallest absolute Gasteiger partial charge is 0.173 e. The van der Waals surface area contributed by atoms with Crippen LogP contribution in [-0.2, 0) is 0 Å². The lowest BCUT2D eigenvalue weighted by molar-refractivity contribution is 0.403. The second kappa shape index (κ2) is 8.87. The first-order valence-corrected chi connectivity index (χ1v) is 7.60. The number of hydrogen-bond acceptors (Lipinski definition) is 1. The fraction of sp³-hybridized carbons (Fsp3) is 0.533. The van der Waals surface area contributed by atoms with E-state index in [-0.39, 0.29) is 5.11 Å². The highest BCUT2D eigenvalue weighted by Crippen LogP contribution is 2.20. The molecule has 0 aliphatic heterocycles. The molecule has 0 bridgehead atoms. The SMILES string of the molecule is CCCCN(CCCC)C(=S)Nc1c(F)cc(F)cc1F. The number of hydrogen-bond donors (Lipinski definition) is 1. The van der Waals surface area contributed by atoms with Crippen LogP contribution in [0.1, 0.15) is 39.5 Å². The number of thiocarbonyl (C=S) groups is 1. The maximum Gasteiger partial charge on any atom is 0.173 e. The van der Waals surface area contributed by atoms with E-state index in [1.807, 2.05) is 4.90 Å². The lowest BCUT2D eigenvalue weighted by atomic mass is 10.2. The van der Waals surface area contributed by atoms with Crippen LogP contribution in [0.25, 0.3) is 0 Å². The third kappa shape index (κ3) is 5.53. The molecule has 0 amide bonds. The van der Waals surface area contributed by atoms with Crippen LogP contribution >= 0.6 is 12.2 Å². The Bertz CT molecular complexity index is 449. The lowest BCUT2D eigenvalue weighted by Gasteiger charge is -2.26. The second-order valence-corrected chi connectivity index (χ2v) is 5.26. The topological polar surface area (TPSA) is 15.3 Å². The molecule has 0 spiro atoms. The van der Waals surface area contributed by atoms with Gasteiger partial charge in [-0.1, -0.05) is 26.7 Å². The van der Waals surface area contributed by atoms with Crippen LogP contribution in [0.15, 0.2) is 12.1 Å². The number of unbranched alkanes of at least 4 members (excludes halogenated alkanes) is 2. The molecule has 0 atom stereocenters. The molecule has 0 heterocycles. The van der Waals surface area contributed by atoms with Gasteiger partial charge in [0.15, 0.2) is 16.7 Å². The first-order valence-electron chi connectivity index (χ1n) is 7.20. The number of nitrogens with zero attached hydrogens (tertiary/aromatic N) is 1. The summed E-state index contributed by atoms with van der Waals surface area (Å²) in [5.74, 6) is -2.92. The molecule has 0 aromatic heterocycles. The summed E-state index contributed by atoms with van der Waals surface area (Å²) < 4.78 is 40.1. The van der Waals surface area contributed by atoms with Gasteiger partial charge in [0, 0.05) is 25.2 Å². The van der Waals surface area contributed by atoms with E-state index in [0.717, 1.165) is 38.8 Å². The van der Waals surface area contributed by atoms with E-state index in [9.17, 15) is 13.2 Å². The average Bonchev–Trinajstić information content (AvgIpc) is 2.42. The summed E-state index contributed by atoms with van der Waals surface area (Å²) in [6, 6.07) is 1.27. The van der Waals surface area contributed by atoms with Gasteiger partial charge in [0.05, 0.1) is 0 Å². The molecule has 0 aliphatic carbocycles. The van der Waals surface area contributed by atoms with Crippen LogP contribution in [0.5, 0.6) is 0 Å². The lowest BCUT2D eigenvalue weighted by Crippen LogP contribution is -2.36. The summed E-state index contributed by atoms with van der Waals surface area (Å²) in [6.45, 7) is 5.58. The summed E-state index contributed by atoms with van der Waals surface area (Å²) >= 11 is 5.22. The van der Waals surface area contributed by atoms with Gasteiger partial charge < -0.3 is 10.2 Å². The highest BCUT2D eigenvalue weighted by atomic mass is 32.1. The van der Waals surface area contributed by atoms with Crippen LogP contribution in [0.4, 0.5) is 18.9 Å². The van der Waals surface area contributed by atoms with Crippen LogP contribution in [-0.4, -0.2) is 23.1 Å². The van der Waals surface area contributed by atoms with E-state index >= 15 is 0 Å². The Kier molecular flexibility index (Phi) is 7.50. The maximum atomic E-state index is 13.6. The molecule has 0 radical (unpaired) electrons. The molecule has 0 saturated heterocycles. The molecule has 1 aromatic rings. The Morgan fingerprint density at radius 1 is 1.05 bits per heavy atom. The van der Waals surface area contributed by atoms with Crippen molar-refractivity contribution in [2.24, 2.45) is 0 Å². The van der Waals surface area contributed by atoms with Crippen molar-refractivity contribution in [1.29, 1.82) is 0 Å². The monoisotopic (exact) mass is 318 g/mol. The molecule has 6 heteroatoms. The van der Waals surface area contributed by atoms with Gasteiger partial charge >= 0.3 is 0 Å². The van der Waals surface area contributed by atoms with Crippen LogP contribution in [0.3, 0.4) is 0 Å². The Balaban J connectivity index is 2.80. The predicted molar refractivity (Wildman–Crippen MR) is 83.9 cm³/mol. The van der Waals surface area contributed by atoms with Crippen molar-refractivity contribution < 1.29 is 13.2 Å². The van der Waals surface area contributed by atoms with E-state index in [4.69, 9.17) is 12.2 Å². The maximum absolute atomic E-state index is 13.6. The van der Waals surface area contributed by atoms with Gasteiger partial charge in [0.25, 0.3) is 0 Å². The Morgan fingerprint density at radius 2 is 1.52 bits per heavy atom. The molecule has 0 fully saturated rings. The standard InChI is InChI=1S/C15H21F3N2S/c1-3-5-7-20(8-6-4-2)15(21)19-14-12(17)9-11(16)10-13(14)18/h9-10H,3-8H2,1-2H3,(H,19,21). The first kappa shape index (κ1) is 17.8. The van der Waals surface area contributed by atoms with Gasteiger partial charge in [-0.05, 0) is 25.1 Å². The van der Waals surface area contributed by atoms with Gasteiger partial charge in [0.2, 0.25) is 0 Å². The average molecular weight is 318 g/mol. The highest BCUT2D eigenvalue weighted by Gasteiger charge is 2.15. The van der Waals surface area contributed by atoms with Gasteiger partial charge in [-0.25, -0.2) is 13.2 Å². The molecule has 21 heavy (non-hydrogen) atoms. The predicted octanol–water partition coefficient (Wildman–Crippen LogP) is 4.70. The van der Waals surface area contributed by atoms with Crippen molar-refractivity contribution in [2.45, 2.75) is 39.5 Å². The largest absolute Gasteiger partial charge is 0.349 e. The van der Waals surface area contributed by atoms with Gasteiger partial charge in [0.1, 0.15) is 11.5 Å². The van der Waals surface area contributed by atoms with Crippen molar-refractivity contribution in [3.8, 4) is 0 Å². The summed E-state index contributed by atoms with van der Waals surface area (Å²) in [6.07, 6.45) is 3.90. The molecular weight excluding hydrogens is 297 g/mol. The summed E-state index contributed by atoms with van der Waals surface area (Å²) in [4.78, 5) is 1.89. The number of rotatable bonds is 7. The van der Waals surface area contributed by atoms with E-state index < -0.39 is 23.1 Å². The number of benzene rings is 1. The number of halogens is 3. The zero-order valence-electron chi connectivity index (χ0n) is 12.4. The number of anilines is 1. The van der Waals surface area contributed by atoms with Crippen molar-refractivity contribution in [1.82, 2.24) is 4.90 Å². The molecule has 1 rings (SSSR count). The fourth-order valence-electron chi connectivity index (χ4n) is 1.86. The summed E-state index contributed by atoms with van der Waals surface area (Å²) in [5.41, 5.74) is -0.403. The van der Waals surface area contributed by atoms with E-state index in [0.29, 0.717) is 12.1 Å². The third-order valence-corrected chi connectivity index (χ3v) is 3.45.